The van der Waals surface area contributed by atoms with Gasteiger partial charge in [-0.15, -0.1) is 0 Å². The third-order valence-electron chi connectivity index (χ3n) is 3.11. The van der Waals surface area contributed by atoms with Crippen LogP contribution in [0.15, 0.2) is 66.7 Å². The lowest BCUT2D eigenvalue weighted by molar-refractivity contribution is 0.112. The number of hydrogen-bond donors (Lipinski definition) is 1. The van der Waals surface area contributed by atoms with Gasteiger partial charge >= 0.3 is 0 Å². The summed E-state index contributed by atoms with van der Waals surface area (Å²) >= 11 is 0. The number of aldehydes is 1. The number of nitrogens with one attached hydrogen (secondary N) is 1. The molecule has 3 heteroatoms. The van der Waals surface area contributed by atoms with Gasteiger partial charge in [0.2, 0.25) is 0 Å². The summed E-state index contributed by atoms with van der Waals surface area (Å²) in [6.45, 7) is 0. The third-order valence-corrected chi connectivity index (χ3v) is 3.11. The quantitative estimate of drug-likeness (QED) is 0.570. The Balaban J connectivity index is 1.89. The van der Waals surface area contributed by atoms with Gasteiger partial charge in [-0.3, -0.25) is 4.79 Å². The van der Waals surface area contributed by atoms with E-state index in [1.807, 2.05) is 48.5 Å². The summed E-state index contributed by atoms with van der Waals surface area (Å²) < 4.78 is 0. The molecule has 0 saturated heterocycles. The molecule has 0 amide bonds. The molecule has 0 heterocycles. The van der Waals surface area contributed by atoms with E-state index in [0.29, 0.717) is 11.3 Å². The van der Waals surface area contributed by atoms with Gasteiger partial charge in [0, 0.05) is 5.39 Å². The molecule has 0 atom stereocenters. The molecule has 0 spiro atoms. The Morgan fingerprint density at radius 3 is 2.50 bits per heavy atom. The fourth-order valence-electron chi connectivity index (χ4n) is 2.10. The van der Waals surface area contributed by atoms with Crippen LogP contribution in [-0.2, 0) is 0 Å². The number of fused-ring (bicyclic) bond motifs is 1. The van der Waals surface area contributed by atoms with Crippen molar-refractivity contribution in [1.29, 1.82) is 0 Å². The maximum absolute atomic E-state index is 10.9. The largest absolute Gasteiger partial charge is 0.381 e. The van der Waals surface area contributed by atoms with Crippen LogP contribution < -0.4 is 10.3 Å². The predicted molar refractivity (Wildman–Crippen MR) is 80.0 cm³/mol. The number of carbonyl (C=O) groups excluding carboxylic acids is 1. The van der Waals surface area contributed by atoms with E-state index in [2.05, 4.69) is 5.48 Å². The number of para-hydroxylation sites is 1. The van der Waals surface area contributed by atoms with Gasteiger partial charge in [0.15, 0.2) is 12.0 Å². The average molecular weight is 263 g/mol. The van der Waals surface area contributed by atoms with Crippen molar-refractivity contribution >= 4 is 22.7 Å². The summed E-state index contributed by atoms with van der Waals surface area (Å²) in [6.07, 6.45) is 0.778. The Morgan fingerprint density at radius 1 is 0.850 bits per heavy atom. The van der Waals surface area contributed by atoms with Crippen LogP contribution in [0.2, 0.25) is 0 Å². The number of benzene rings is 3. The van der Waals surface area contributed by atoms with Crippen molar-refractivity contribution in [3.63, 3.8) is 0 Å². The van der Waals surface area contributed by atoms with E-state index in [0.717, 1.165) is 22.7 Å². The summed E-state index contributed by atoms with van der Waals surface area (Å²) in [4.78, 5) is 16.5. The van der Waals surface area contributed by atoms with Gasteiger partial charge in [0.25, 0.3) is 0 Å². The maximum Gasteiger partial charge on any atom is 0.165 e. The summed E-state index contributed by atoms with van der Waals surface area (Å²) in [5.41, 5.74) is 4.30. The second kappa shape index (κ2) is 5.45. The van der Waals surface area contributed by atoms with Gasteiger partial charge in [-0.25, -0.2) is 5.48 Å². The SMILES string of the molecule is O=Cc1ccccc1ONc1cccc2ccccc12. The fourth-order valence-corrected chi connectivity index (χ4v) is 2.10. The molecule has 3 aromatic carbocycles. The standard InChI is InChI=1S/C17H13NO2/c19-12-14-7-2-4-11-17(14)20-18-16-10-5-8-13-6-1-3-9-15(13)16/h1-12,18H. The van der Waals surface area contributed by atoms with Gasteiger partial charge in [-0.1, -0.05) is 48.5 Å². The molecule has 0 saturated carbocycles. The highest BCUT2D eigenvalue weighted by atomic mass is 16.6. The first kappa shape index (κ1) is 12.2. The first-order chi connectivity index (χ1) is 9.88. The Morgan fingerprint density at radius 2 is 1.60 bits per heavy atom. The van der Waals surface area contributed by atoms with Gasteiger partial charge in [-0.05, 0) is 23.6 Å². The van der Waals surface area contributed by atoms with E-state index in [-0.39, 0.29) is 0 Å². The van der Waals surface area contributed by atoms with Crippen molar-refractivity contribution in [1.82, 2.24) is 0 Å². The van der Waals surface area contributed by atoms with Crippen LogP contribution in [0.25, 0.3) is 10.8 Å². The van der Waals surface area contributed by atoms with Crippen LogP contribution in [0.4, 0.5) is 5.69 Å². The molecule has 1 N–H and O–H groups in total. The number of anilines is 1. The maximum atomic E-state index is 10.9. The molecule has 0 radical (unpaired) electrons. The topological polar surface area (TPSA) is 38.3 Å². The number of carbonyl (C=O) groups is 1. The lowest BCUT2D eigenvalue weighted by atomic mass is 10.1. The summed E-state index contributed by atoms with van der Waals surface area (Å²) in [5, 5.41) is 2.20. The van der Waals surface area contributed by atoms with Crippen molar-refractivity contribution in [2.24, 2.45) is 0 Å². The van der Waals surface area contributed by atoms with Crippen molar-refractivity contribution in [2.75, 3.05) is 5.48 Å². The molecule has 0 bridgehead atoms. The first-order valence-corrected chi connectivity index (χ1v) is 6.33. The minimum absolute atomic E-state index is 0.510. The molecule has 0 aliphatic heterocycles. The molecule has 0 aliphatic carbocycles. The normalized spacial score (nSPS) is 10.2. The highest BCUT2D eigenvalue weighted by Gasteiger charge is 2.04. The highest BCUT2D eigenvalue weighted by Crippen LogP contribution is 2.24. The van der Waals surface area contributed by atoms with E-state index in [1.54, 1.807) is 18.2 Å². The predicted octanol–water partition coefficient (Wildman–Crippen LogP) is 4.06. The average Bonchev–Trinajstić information content (AvgIpc) is 2.53. The Labute approximate surface area is 116 Å². The van der Waals surface area contributed by atoms with Crippen LogP contribution in [0.3, 0.4) is 0 Å². The molecular formula is C17H13NO2. The number of rotatable bonds is 4. The fraction of sp³-hybridized carbons (Fsp3) is 0. The summed E-state index contributed by atoms with van der Waals surface area (Å²) in [5.74, 6) is 0.510. The summed E-state index contributed by atoms with van der Waals surface area (Å²) in [6, 6.07) is 21.1. The molecular weight excluding hydrogens is 250 g/mol. The van der Waals surface area contributed by atoms with Crippen LogP contribution in [0, 0.1) is 0 Å². The highest BCUT2D eigenvalue weighted by molar-refractivity contribution is 5.93. The molecule has 98 valence electrons. The smallest absolute Gasteiger partial charge is 0.165 e. The number of hydrogen-bond acceptors (Lipinski definition) is 3. The van der Waals surface area contributed by atoms with E-state index in [1.165, 1.54) is 0 Å². The third kappa shape index (κ3) is 2.34. The van der Waals surface area contributed by atoms with E-state index in [4.69, 9.17) is 4.84 Å². The molecule has 3 rings (SSSR count). The minimum Gasteiger partial charge on any atom is -0.381 e. The van der Waals surface area contributed by atoms with Gasteiger partial charge in [0.1, 0.15) is 0 Å². The lowest BCUT2D eigenvalue weighted by Crippen LogP contribution is -2.06. The molecule has 0 aromatic heterocycles. The van der Waals surface area contributed by atoms with Crippen molar-refractivity contribution in [3.05, 3.63) is 72.3 Å². The van der Waals surface area contributed by atoms with Crippen LogP contribution >= 0.6 is 0 Å². The van der Waals surface area contributed by atoms with Crippen LogP contribution in [-0.4, -0.2) is 6.29 Å². The lowest BCUT2D eigenvalue weighted by Gasteiger charge is -2.11. The molecule has 0 unspecified atom stereocenters. The van der Waals surface area contributed by atoms with Crippen LogP contribution in [0.5, 0.6) is 5.75 Å². The van der Waals surface area contributed by atoms with E-state index >= 15 is 0 Å². The molecule has 3 nitrogen and oxygen atoms in total. The van der Waals surface area contributed by atoms with E-state index < -0.39 is 0 Å². The monoisotopic (exact) mass is 263 g/mol. The Kier molecular flexibility index (Phi) is 3.33. The van der Waals surface area contributed by atoms with Crippen molar-refractivity contribution < 1.29 is 9.63 Å². The molecule has 0 aliphatic rings. The van der Waals surface area contributed by atoms with E-state index in [9.17, 15) is 4.79 Å². The minimum atomic E-state index is 0.510. The first-order valence-electron chi connectivity index (χ1n) is 6.33. The zero-order valence-corrected chi connectivity index (χ0v) is 10.7. The zero-order valence-electron chi connectivity index (χ0n) is 10.7. The second-order valence-electron chi connectivity index (χ2n) is 4.39. The summed E-state index contributed by atoms with van der Waals surface area (Å²) in [7, 11) is 0. The van der Waals surface area contributed by atoms with Gasteiger partial charge in [-0.2, -0.15) is 0 Å². The second-order valence-corrected chi connectivity index (χ2v) is 4.39. The van der Waals surface area contributed by atoms with Gasteiger partial charge in [0.05, 0.1) is 11.3 Å². The van der Waals surface area contributed by atoms with Crippen LogP contribution in [0.1, 0.15) is 10.4 Å². The molecule has 3 aromatic rings. The van der Waals surface area contributed by atoms with Crippen molar-refractivity contribution in [2.45, 2.75) is 0 Å². The van der Waals surface area contributed by atoms with Crippen molar-refractivity contribution in [3.8, 4) is 5.75 Å². The molecule has 0 fully saturated rings. The Hall–Kier alpha value is -2.81. The Bertz CT molecular complexity index is 747. The molecule has 20 heavy (non-hydrogen) atoms. The zero-order chi connectivity index (χ0) is 13.8. The van der Waals surface area contributed by atoms with Gasteiger partial charge < -0.3 is 4.84 Å².